The maximum Gasteiger partial charge on any atom is 0.0107 e. The molecule has 2 rings (SSSR count). The van der Waals surface area contributed by atoms with E-state index in [4.69, 9.17) is 0 Å². The fraction of sp³-hybridized carbons (Fsp3) is 0.571. The number of hydrogen-bond acceptors (Lipinski definition) is 1. The van der Waals surface area contributed by atoms with Crippen molar-refractivity contribution in [2.45, 2.75) is 50.8 Å². The van der Waals surface area contributed by atoms with Crippen molar-refractivity contribution in [1.82, 2.24) is 0 Å². The average molecular weight is 222 g/mol. The van der Waals surface area contributed by atoms with Crippen LogP contribution >= 0.6 is 11.8 Å². The number of benzene rings is 1. The summed E-state index contributed by atoms with van der Waals surface area (Å²) in [7, 11) is 0. The average Bonchev–Trinajstić information content (AvgIpc) is 2.31. The lowest BCUT2D eigenvalue weighted by atomic mass is 9.84. The summed E-state index contributed by atoms with van der Waals surface area (Å²) in [5.41, 5.74) is 3.21. The minimum Gasteiger partial charge on any atom is -0.129 e. The third kappa shape index (κ3) is 2.78. The standard InChI is InChI=1S/C12H16S.C2H6/c1-9-5-3-6-10-7-4-8-11(13-2)12(9)10;1-2/h4,7-9H,3,5-6H2,1-2H3;1-2H3. The first-order valence-corrected chi connectivity index (χ1v) is 7.21. The molecule has 0 spiro atoms. The monoisotopic (exact) mass is 222 g/mol. The minimum atomic E-state index is 0.771. The number of thioether (sulfide) groups is 1. The Labute approximate surface area is 98.5 Å². The largest absolute Gasteiger partial charge is 0.129 e. The zero-order valence-electron chi connectivity index (χ0n) is 10.3. The van der Waals surface area contributed by atoms with E-state index in [1.165, 1.54) is 24.2 Å². The number of hydrogen-bond donors (Lipinski definition) is 0. The molecule has 0 bridgehead atoms. The second-order valence-electron chi connectivity index (χ2n) is 3.83. The molecule has 1 aliphatic rings. The van der Waals surface area contributed by atoms with E-state index in [-0.39, 0.29) is 0 Å². The van der Waals surface area contributed by atoms with Crippen molar-refractivity contribution in [2.75, 3.05) is 6.26 Å². The highest BCUT2D eigenvalue weighted by Crippen LogP contribution is 2.37. The third-order valence-corrected chi connectivity index (χ3v) is 3.75. The molecule has 0 nitrogen and oxygen atoms in total. The molecule has 0 heterocycles. The summed E-state index contributed by atoms with van der Waals surface area (Å²) in [6.07, 6.45) is 6.20. The van der Waals surface area contributed by atoms with Crippen molar-refractivity contribution >= 4 is 11.8 Å². The van der Waals surface area contributed by atoms with Crippen LogP contribution in [0.1, 0.15) is 50.7 Å². The summed E-state index contributed by atoms with van der Waals surface area (Å²) in [6, 6.07) is 6.75. The summed E-state index contributed by atoms with van der Waals surface area (Å²) >= 11 is 1.89. The molecule has 84 valence electrons. The van der Waals surface area contributed by atoms with Crippen LogP contribution in [0.25, 0.3) is 0 Å². The lowest BCUT2D eigenvalue weighted by Crippen LogP contribution is -2.07. The van der Waals surface area contributed by atoms with Crippen LogP contribution in [0.3, 0.4) is 0 Å². The van der Waals surface area contributed by atoms with Crippen LogP contribution in [-0.2, 0) is 6.42 Å². The first kappa shape index (κ1) is 12.6. The molecule has 1 unspecified atom stereocenters. The van der Waals surface area contributed by atoms with Gasteiger partial charge in [0.15, 0.2) is 0 Å². The van der Waals surface area contributed by atoms with Gasteiger partial charge in [-0.05, 0) is 48.6 Å². The van der Waals surface area contributed by atoms with E-state index < -0.39 is 0 Å². The molecule has 0 radical (unpaired) electrons. The SMILES string of the molecule is CC.CSc1cccc2c1C(C)CCC2. The van der Waals surface area contributed by atoms with Crippen LogP contribution < -0.4 is 0 Å². The Morgan fingerprint density at radius 3 is 2.67 bits per heavy atom. The van der Waals surface area contributed by atoms with E-state index in [0.29, 0.717) is 0 Å². The topological polar surface area (TPSA) is 0 Å². The molecule has 1 aromatic carbocycles. The summed E-state index contributed by atoms with van der Waals surface area (Å²) in [5.74, 6) is 0.771. The highest BCUT2D eigenvalue weighted by molar-refractivity contribution is 7.98. The number of fused-ring (bicyclic) bond motifs is 1. The maximum absolute atomic E-state index is 2.36. The second-order valence-corrected chi connectivity index (χ2v) is 4.67. The normalized spacial score (nSPS) is 18.8. The van der Waals surface area contributed by atoms with Crippen LogP contribution in [0.2, 0.25) is 0 Å². The van der Waals surface area contributed by atoms with E-state index in [2.05, 4.69) is 31.4 Å². The molecule has 0 amide bonds. The molecule has 1 atom stereocenters. The quantitative estimate of drug-likeness (QED) is 0.611. The van der Waals surface area contributed by atoms with E-state index in [9.17, 15) is 0 Å². The smallest absolute Gasteiger partial charge is 0.0107 e. The van der Waals surface area contributed by atoms with Gasteiger partial charge in [-0.1, -0.05) is 32.9 Å². The van der Waals surface area contributed by atoms with Gasteiger partial charge >= 0.3 is 0 Å². The van der Waals surface area contributed by atoms with Crippen molar-refractivity contribution in [3.8, 4) is 0 Å². The van der Waals surface area contributed by atoms with Crippen molar-refractivity contribution in [1.29, 1.82) is 0 Å². The molecule has 0 saturated heterocycles. The van der Waals surface area contributed by atoms with Crippen LogP contribution in [0.4, 0.5) is 0 Å². The molecule has 1 aromatic rings. The number of aryl methyl sites for hydroxylation is 1. The van der Waals surface area contributed by atoms with Crippen molar-refractivity contribution < 1.29 is 0 Å². The van der Waals surface area contributed by atoms with Gasteiger partial charge in [-0.25, -0.2) is 0 Å². The van der Waals surface area contributed by atoms with Gasteiger partial charge in [-0.2, -0.15) is 0 Å². The Hall–Kier alpha value is -0.430. The van der Waals surface area contributed by atoms with Gasteiger partial charge < -0.3 is 0 Å². The van der Waals surface area contributed by atoms with Gasteiger partial charge in [0.2, 0.25) is 0 Å². The van der Waals surface area contributed by atoms with Crippen LogP contribution in [0.15, 0.2) is 23.1 Å². The van der Waals surface area contributed by atoms with E-state index in [1.54, 1.807) is 11.1 Å². The Morgan fingerprint density at radius 1 is 1.27 bits per heavy atom. The van der Waals surface area contributed by atoms with Crippen molar-refractivity contribution in [3.63, 3.8) is 0 Å². The number of rotatable bonds is 1. The lowest BCUT2D eigenvalue weighted by molar-refractivity contribution is 0.581. The first-order chi connectivity index (χ1) is 7.33. The van der Waals surface area contributed by atoms with Gasteiger partial charge in [-0.15, -0.1) is 11.8 Å². The van der Waals surface area contributed by atoms with E-state index in [1.807, 2.05) is 25.6 Å². The zero-order chi connectivity index (χ0) is 11.3. The highest BCUT2D eigenvalue weighted by Gasteiger charge is 2.18. The summed E-state index contributed by atoms with van der Waals surface area (Å²) in [4.78, 5) is 1.49. The third-order valence-electron chi connectivity index (χ3n) is 2.95. The Balaban J connectivity index is 0.000000531. The Kier molecular flexibility index (Phi) is 5.24. The van der Waals surface area contributed by atoms with Crippen molar-refractivity contribution in [2.24, 2.45) is 0 Å². The molecule has 0 saturated carbocycles. The van der Waals surface area contributed by atoms with Crippen LogP contribution in [0.5, 0.6) is 0 Å². The van der Waals surface area contributed by atoms with Gasteiger partial charge in [0, 0.05) is 4.90 Å². The Bertz CT molecular complexity index is 290. The van der Waals surface area contributed by atoms with Crippen LogP contribution in [-0.4, -0.2) is 6.26 Å². The Morgan fingerprint density at radius 2 is 2.00 bits per heavy atom. The van der Waals surface area contributed by atoms with Gasteiger partial charge in [0.25, 0.3) is 0 Å². The van der Waals surface area contributed by atoms with E-state index in [0.717, 1.165) is 5.92 Å². The predicted molar refractivity (Wildman–Crippen MR) is 70.9 cm³/mol. The predicted octanol–water partition coefficient (Wildman–Crippen LogP) is 4.87. The minimum absolute atomic E-state index is 0.771. The molecule has 0 aromatic heterocycles. The molecule has 1 aliphatic carbocycles. The summed E-state index contributed by atoms with van der Waals surface area (Å²) in [6.45, 7) is 6.36. The molecular formula is C14H22S. The summed E-state index contributed by atoms with van der Waals surface area (Å²) in [5, 5.41) is 0. The lowest BCUT2D eigenvalue weighted by Gasteiger charge is -2.24. The van der Waals surface area contributed by atoms with E-state index >= 15 is 0 Å². The summed E-state index contributed by atoms with van der Waals surface area (Å²) < 4.78 is 0. The van der Waals surface area contributed by atoms with Crippen LogP contribution in [0, 0.1) is 0 Å². The highest BCUT2D eigenvalue weighted by atomic mass is 32.2. The van der Waals surface area contributed by atoms with Gasteiger partial charge in [-0.3, -0.25) is 0 Å². The van der Waals surface area contributed by atoms with Crippen molar-refractivity contribution in [3.05, 3.63) is 29.3 Å². The van der Waals surface area contributed by atoms with Gasteiger partial charge in [0.1, 0.15) is 0 Å². The zero-order valence-corrected chi connectivity index (χ0v) is 11.2. The fourth-order valence-corrected chi connectivity index (χ4v) is 3.05. The molecular weight excluding hydrogens is 200 g/mol. The molecule has 0 fully saturated rings. The fourth-order valence-electron chi connectivity index (χ4n) is 2.29. The molecule has 0 aliphatic heterocycles. The molecule has 0 N–H and O–H groups in total. The molecule has 1 heteroatoms. The first-order valence-electron chi connectivity index (χ1n) is 5.98. The second kappa shape index (κ2) is 6.22. The van der Waals surface area contributed by atoms with Gasteiger partial charge in [0.05, 0.1) is 0 Å². The maximum atomic E-state index is 2.36. The molecule has 15 heavy (non-hydrogen) atoms.